The molecule has 0 aromatic heterocycles. The third-order valence-electron chi connectivity index (χ3n) is 2.52. The lowest BCUT2D eigenvalue weighted by Crippen LogP contribution is -2.36. The molecule has 0 aliphatic carbocycles. The highest BCUT2D eigenvalue weighted by Crippen LogP contribution is 2.37. The molecular formula is C10H16N2O2. The molecule has 0 radical (unpaired) electrons. The second kappa shape index (κ2) is 2.92. The van der Waals surface area contributed by atoms with Crippen molar-refractivity contribution in [1.82, 2.24) is 5.17 Å². The third kappa shape index (κ3) is 1.46. The van der Waals surface area contributed by atoms with Crippen LogP contribution in [-0.2, 0) is 0 Å². The van der Waals surface area contributed by atoms with Crippen molar-refractivity contribution in [3.63, 3.8) is 0 Å². The SMILES string of the molecule is C=CC(C)(C)C1=CC(C)(C)[N+](=O)N1[O-]. The molecule has 1 aliphatic rings. The molecular weight excluding hydrogens is 180 g/mol. The van der Waals surface area contributed by atoms with E-state index in [1.54, 1.807) is 26.0 Å². The minimum absolute atomic E-state index is 0.404. The topological polar surface area (TPSA) is 46.4 Å². The first-order valence-corrected chi connectivity index (χ1v) is 4.54. The summed E-state index contributed by atoms with van der Waals surface area (Å²) in [4.78, 5) is 11.9. The van der Waals surface area contributed by atoms with E-state index in [1.165, 1.54) is 0 Å². The molecule has 0 unspecified atom stereocenters. The lowest BCUT2D eigenvalue weighted by Gasteiger charge is -2.27. The second-order valence-electron chi connectivity index (χ2n) is 4.65. The smallest absolute Gasteiger partial charge is 0.257 e. The largest absolute Gasteiger partial charge is 0.700 e. The maximum Gasteiger partial charge on any atom is 0.257 e. The van der Waals surface area contributed by atoms with Crippen LogP contribution in [0.15, 0.2) is 24.4 Å². The standard InChI is InChI=1S/C10H16N2O2/c1-6-9(2,3)8-7-10(4,5)12(14)11(8)13/h6-7H,1H2,2-5H3. The van der Waals surface area contributed by atoms with Gasteiger partial charge in [0.2, 0.25) is 0 Å². The maximum atomic E-state index is 11.5. The summed E-state index contributed by atoms with van der Waals surface area (Å²) in [6.45, 7) is 10.8. The van der Waals surface area contributed by atoms with Crippen molar-refractivity contribution in [3.8, 4) is 0 Å². The van der Waals surface area contributed by atoms with E-state index in [0.29, 0.717) is 15.7 Å². The first kappa shape index (κ1) is 10.9. The van der Waals surface area contributed by atoms with Gasteiger partial charge in [0, 0.05) is 25.3 Å². The van der Waals surface area contributed by atoms with E-state index in [2.05, 4.69) is 6.58 Å². The third-order valence-corrected chi connectivity index (χ3v) is 2.52. The zero-order valence-corrected chi connectivity index (χ0v) is 9.07. The van der Waals surface area contributed by atoms with Crippen LogP contribution in [0.25, 0.3) is 0 Å². The number of hydrogen-bond donors (Lipinski definition) is 0. The van der Waals surface area contributed by atoms with Gasteiger partial charge in [0.1, 0.15) is 4.87 Å². The van der Waals surface area contributed by atoms with Crippen LogP contribution in [0, 0.1) is 15.5 Å². The van der Waals surface area contributed by atoms with Crippen molar-refractivity contribution >= 4 is 0 Å². The molecule has 0 fully saturated rings. The molecule has 0 atom stereocenters. The first-order valence-electron chi connectivity index (χ1n) is 4.54. The average Bonchev–Trinajstić information content (AvgIpc) is 2.30. The summed E-state index contributed by atoms with van der Waals surface area (Å²) < 4.78 is 0. The predicted octanol–water partition coefficient (Wildman–Crippen LogP) is 2.37. The van der Waals surface area contributed by atoms with Crippen LogP contribution >= 0.6 is 0 Å². The Kier molecular flexibility index (Phi) is 2.27. The van der Waals surface area contributed by atoms with Gasteiger partial charge in [-0.1, -0.05) is 19.9 Å². The summed E-state index contributed by atoms with van der Waals surface area (Å²) >= 11 is 0. The highest BCUT2D eigenvalue weighted by molar-refractivity contribution is 5.22. The summed E-state index contributed by atoms with van der Waals surface area (Å²) in [7, 11) is 0. The monoisotopic (exact) mass is 196 g/mol. The number of hydroxylamine groups is 1. The van der Waals surface area contributed by atoms with Crippen LogP contribution in [0.1, 0.15) is 27.7 Å². The van der Waals surface area contributed by atoms with E-state index in [-0.39, 0.29) is 0 Å². The van der Waals surface area contributed by atoms with Gasteiger partial charge >= 0.3 is 0 Å². The summed E-state index contributed by atoms with van der Waals surface area (Å²) in [6, 6.07) is 0. The van der Waals surface area contributed by atoms with Crippen molar-refractivity contribution in [3.05, 3.63) is 34.5 Å². The summed E-state index contributed by atoms with van der Waals surface area (Å²) in [6.07, 6.45) is 3.35. The fourth-order valence-corrected chi connectivity index (χ4v) is 1.31. The van der Waals surface area contributed by atoms with Gasteiger partial charge in [-0.3, -0.25) is 0 Å². The molecule has 78 valence electrons. The van der Waals surface area contributed by atoms with Gasteiger partial charge in [-0.05, 0) is 0 Å². The predicted molar refractivity (Wildman–Crippen MR) is 55.0 cm³/mol. The van der Waals surface area contributed by atoms with Gasteiger partial charge in [-0.15, -0.1) is 6.58 Å². The molecule has 1 aliphatic heterocycles. The number of nitroso groups, excluding NO2 is 1. The molecule has 4 heteroatoms. The summed E-state index contributed by atoms with van der Waals surface area (Å²) in [5.41, 5.74) is -0.789. The zero-order chi connectivity index (χ0) is 11.1. The first-order chi connectivity index (χ1) is 6.22. The van der Waals surface area contributed by atoms with Gasteiger partial charge in [0.15, 0.2) is 0 Å². The van der Waals surface area contributed by atoms with Crippen molar-refractivity contribution < 1.29 is 4.87 Å². The van der Waals surface area contributed by atoms with E-state index >= 15 is 0 Å². The lowest BCUT2D eigenvalue weighted by atomic mass is 9.88. The molecule has 0 N–H and O–H groups in total. The molecule has 4 nitrogen and oxygen atoms in total. The zero-order valence-electron chi connectivity index (χ0n) is 9.07. The van der Waals surface area contributed by atoms with Gasteiger partial charge in [0.25, 0.3) is 5.54 Å². The molecule has 0 bridgehead atoms. The second-order valence-corrected chi connectivity index (χ2v) is 4.65. The van der Waals surface area contributed by atoms with Crippen molar-refractivity contribution in [2.24, 2.45) is 5.41 Å². The fraction of sp³-hybridized carbons (Fsp3) is 0.600. The number of allylic oxidation sites excluding steroid dienone is 1. The van der Waals surface area contributed by atoms with Crippen LogP contribution in [-0.4, -0.2) is 15.6 Å². The number of hydrogen-bond acceptors (Lipinski definition) is 2. The van der Waals surface area contributed by atoms with Crippen molar-refractivity contribution in [2.45, 2.75) is 33.2 Å². The molecule has 0 amide bonds. The molecule has 0 spiro atoms. The Morgan fingerprint density at radius 1 is 1.64 bits per heavy atom. The number of rotatable bonds is 2. The average molecular weight is 196 g/mol. The molecule has 1 rings (SSSR count). The van der Waals surface area contributed by atoms with Crippen LogP contribution in [0.4, 0.5) is 0 Å². The van der Waals surface area contributed by atoms with Gasteiger partial charge in [0.05, 0.1) is 10.6 Å². The van der Waals surface area contributed by atoms with Gasteiger partial charge in [-0.2, -0.15) is 5.17 Å². The van der Waals surface area contributed by atoms with E-state index < -0.39 is 11.0 Å². The molecule has 14 heavy (non-hydrogen) atoms. The lowest BCUT2D eigenvalue weighted by molar-refractivity contribution is -0.720. The molecule has 0 aromatic rings. The molecule has 1 heterocycles. The summed E-state index contributed by atoms with van der Waals surface area (Å²) in [5.74, 6) is 0. The number of nitrogens with zero attached hydrogens (tertiary/aromatic N) is 2. The van der Waals surface area contributed by atoms with E-state index in [4.69, 9.17) is 0 Å². The van der Waals surface area contributed by atoms with Crippen molar-refractivity contribution in [1.29, 1.82) is 0 Å². The minimum Gasteiger partial charge on any atom is -0.700 e. The normalized spacial score (nSPS) is 21.1. The highest BCUT2D eigenvalue weighted by Gasteiger charge is 2.46. The Balaban J connectivity index is 3.15. The van der Waals surface area contributed by atoms with Gasteiger partial charge < -0.3 is 5.21 Å². The quantitative estimate of drug-likeness (QED) is 0.503. The Bertz CT molecular complexity index is 316. The molecule has 0 saturated heterocycles. The Hall–Kier alpha value is -1.16. The fourth-order valence-electron chi connectivity index (χ4n) is 1.31. The number of hydrazine groups is 1. The highest BCUT2D eigenvalue weighted by atomic mass is 16.6. The van der Waals surface area contributed by atoms with E-state index in [9.17, 15) is 10.1 Å². The Morgan fingerprint density at radius 3 is 2.43 bits per heavy atom. The van der Waals surface area contributed by atoms with Crippen LogP contribution < -0.4 is 0 Å². The molecule has 0 aromatic carbocycles. The van der Waals surface area contributed by atoms with Crippen LogP contribution in [0.3, 0.4) is 0 Å². The summed E-state index contributed by atoms with van der Waals surface area (Å²) in [5, 5.41) is 11.9. The van der Waals surface area contributed by atoms with Crippen LogP contribution in [0.5, 0.6) is 0 Å². The van der Waals surface area contributed by atoms with Crippen LogP contribution in [0.2, 0.25) is 0 Å². The molecule has 0 saturated carbocycles. The Labute approximate surface area is 84.0 Å². The van der Waals surface area contributed by atoms with E-state index in [0.717, 1.165) is 0 Å². The van der Waals surface area contributed by atoms with E-state index in [1.807, 2.05) is 13.8 Å². The van der Waals surface area contributed by atoms with Crippen molar-refractivity contribution in [2.75, 3.05) is 0 Å². The Morgan fingerprint density at radius 2 is 2.14 bits per heavy atom. The maximum absolute atomic E-state index is 11.5. The minimum atomic E-state index is -0.767. The van der Waals surface area contributed by atoms with Gasteiger partial charge in [-0.25, -0.2) is 0 Å².